The van der Waals surface area contributed by atoms with Gasteiger partial charge in [-0.05, 0) is 34.1 Å². The van der Waals surface area contributed by atoms with Crippen LogP contribution in [0.2, 0.25) is 0 Å². The third-order valence-electron chi connectivity index (χ3n) is 2.23. The number of ether oxygens (including phenoxy) is 1. The summed E-state index contributed by atoms with van der Waals surface area (Å²) in [6, 6.07) is 4.62. The molecule has 96 valence electrons. The Hall–Kier alpha value is -1.05. The first-order valence-corrected chi connectivity index (χ1v) is 7.85. The van der Waals surface area contributed by atoms with Crippen molar-refractivity contribution in [3.8, 4) is 11.4 Å². The minimum absolute atomic E-state index is 0.0872. The standard InChI is InChI=1S/C10H8BrClN2O3S/c1-17-9-3-2-8(4-10(9)18(12,15)16)14-6-7(11)5-13-14/h2-6H,1H3. The maximum absolute atomic E-state index is 11.4. The molecule has 0 amide bonds. The Morgan fingerprint density at radius 1 is 1.44 bits per heavy atom. The zero-order valence-electron chi connectivity index (χ0n) is 9.17. The average molecular weight is 352 g/mol. The molecule has 0 unspecified atom stereocenters. The van der Waals surface area contributed by atoms with Crippen molar-refractivity contribution in [2.75, 3.05) is 7.11 Å². The molecule has 1 aromatic heterocycles. The second-order valence-corrected chi connectivity index (χ2v) is 6.83. The van der Waals surface area contributed by atoms with Crippen LogP contribution in [0.25, 0.3) is 5.69 Å². The highest BCUT2D eigenvalue weighted by atomic mass is 79.9. The van der Waals surface area contributed by atoms with Crippen molar-refractivity contribution in [1.29, 1.82) is 0 Å². The number of halogens is 2. The van der Waals surface area contributed by atoms with Crippen molar-refractivity contribution in [3.05, 3.63) is 35.1 Å². The molecule has 18 heavy (non-hydrogen) atoms. The highest BCUT2D eigenvalue weighted by molar-refractivity contribution is 9.10. The van der Waals surface area contributed by atoms with Crippen LogP contribution in [0.4, 0.5) is 0 Å². The monoisotopic (exact) mass is 350 g/mol. The van der Waals surface area contributed by atoms with E-state index in [-0.39, 0.29) is 10.6 Å². The molecule has 1 heterocycles. The Labute approximate surface area is 117 Å². The van der Waals surface area contributed by atoms with E-state index >= 15 is 0 Å². The van der Waals surface area contributed by atoms with Gasteiger partial charge in [0, 0.05) is 16.9 Å². The van der Waals surface area contributed by atoms with Crippen molar-refractivity contribution in [2.45, 2.75) is 4.90 Å². The fraction of sp³-hybridized carbons (Fsp3) is 0.100. The molecule has 2 rings (SSSR count). The van der Waals surface area contributed by atoms with E-state index in [9.17, 15) is 8.42 Å². The molecule has 0 radical (unpaired) electrons. The first-order chi connectivity index (χ1) is 8.41. The molecule has 5 nitrogen and oxygen atoms in total. The van der Waals surface area contributed by atoms with Crippen LogP contribution < -0.4 is 4.74 Å². The van der Waals surface area contributed by atoms with Crippen LogP contribution in [0.1, 0.15) is 0 Å². The smallest absolute Gasteiger partial charge is 0.265 e. The van der Waals surface area contributed by atoms with Gasteiger partial charge in [-0.1, -0.05) is 0 Å². The number of methoxy groups -OCH3 is 1. The summed E-state index contributed by atoms with van der Waals surface area (Å²) in [5, 5.41) is 4.06. The van der Waals surface area contributed by atoms with Gasteiger partial charge in [-0.2, -0.15) is 5.10 Å². The highest BCUT2D eigenvalue weighted by Crippen LogP contribution is 2.29. The number of aromatic nitrogens is 2. The van der Waals surface area contributed by atoms with Crippen molar-refractivity contribution in [3.63, 3.8) is 0 Å². The molecule has 1 aromatic carbocycles. The molecule has 0 spiro atoms. The van der Waals surface area contributed by atoms with Gasteiger partial charge in [0.25, 0.3) is 9.05 Å². The van der Waals surface area contributed by atoms with Crippen molar-refractivity contribution in [1.82, 2.24) is 9.78 Å². The Morgan fingerprint density at radius 2 is 2.17 bits per heavy atom. The molecule has 0 saturated carbocycles. The lowest BCUT2D eigenvalue weighted by Crippen LogP contribution is -2.00. The molecule has 0 aliphatic heterocycles. The van der Waals surface area contributed by atoms with E-state index < -0.39 is 9.05 Å². The highest BCUT2D eigenvalue weighted by Gasteiger charge is 2.18. The predicted molar refractivity (Wildman–Crippen MR) is 70.9 cm³/mol. The number of benzene rings is 1. The summed E-state index contributed by atoms with van der Waals surface area (Å²) in [6.07, 6.45) is 3.30. The van der Waals surface area contributed by atoms with Crippen LogP contribution in [0, 0.1) is 0 Å². The molecule has 0 aliphatic carbocycles. The number of rotatable bonds is 3. The number of nitrogens with zero attached hydrogens (tertiary/aromatic N) is 2. The predicted octanol–water partition coefficient (Wildman–Crippen LogP) is 2.57. The zero-order valence-corrected chi connectivity index (χ0v) is 12.3. The molecule has 0 aliphatic rings. The van der Waals surface area contributed by atoms with E-state index in [2.05, 4.69) is 21.0 Å². The SMILES string of the molecule is COc1ccc(-n2cc(Br)cn2)cc1S(=O)(=O)Cl. The van der Waals surface area contributed by atoms with Gasteiger partial charge in [-0.3, -0.25) is 0 Å². The average Bonchev–Trinajstić information content (AvgIpc) is 2.74. The largest absolute Gasteiger partial charge is 0.495 e. The minimum atomic E-state index is -3.87. The maximum atomic E-state index is 11.4. The summed E-state index contributed by atoms with van der Waals surface area (Å²) in [7, 11) is 2.87. The fourth-order valence-electron chi connectivity index (χ4n) is 1.44. The molecule has 8 heteroatoms. The van der Waals surface area contributed by atoms with Crippen LogP contribution in [-0.4, -0.2) is 25.3 Å². The fourth-order valence-corrected chi connectivity index (χ4v) is 2.74. The summed E-state index contributed by atoms with van der Waals surface area (Å²) >= 11 is 3.26. The Balaban J connectivity index is 2.60. The Morgan fingerprint density at radius 3 is 2.67 bits per heavy atom. The van der Waals surface area contributed by atoms with E-state index in [0.29, 0.717) is 5.69 Å². The molecular weight excluding hydrogens is 344 g/mol. The molecule has 0 atom stereocenters. The summed E-state index contributed by atoms with van der Waals surface area (Å²) in [6.45, 7) is 0. The van der Waals surface area contributed by atoms with Gasteiger partial charge in [0.2, 0.25) is 0 Å². The van der Waals surface area contributed by atoms with E-state index in [1.54, 1.807) is 18.5 Å². The quantitative estimate of drug-likeness (QED) is 0.797. The van der Waals surface area contributed by atoms with E-state index in [1.165, 1.54) is 23.9 Å². The van der Waals surface area contributed by atoms with Crippen molar-refractivity contribution in [2.24, 2.45) is 0 Å². The second-order valence-electron chi connectivity index (χ2n) is 3.38. The third-order valence-corrected chi connectivity index (χ3v) is 3.98. The summed E-state index contributed by atoms with van der Waals surface area (Å²) in [5.74, 6) is 0.194. The Bertz CT molecular complexity index is 684. The van der Waals surface area contributed by atoms with Crippen LogP contribution in [-0.2, 0) is 9.05 Å². The van der Waals surface area contributed by atoms with E-state index in [1.807, 2.05) is 0 Å². The van der Waals surface area contributed by atoms with Crippen LogP contribution >= 0.6 is 26.6 Å². The summed E-state index contributed by atoms with van der Waals surface area (Å²) in [5.41, 5.74) is 0.570. The van der Waals surface area contributed by atoms with Gasteiger partial charge >= 0.3 is 0 Å². The van der Waals surface area contributed by atoms with E-state index in [4.69, 9.17) is 15.4 Å². The first kappa shape index (κ1) is 13.4. The lowest BCUT2D eigenvalue weighted by Gasteiger charge is -2.08. The van der Waals surface area contributed by atoms with Crippen molar-refractivity contribution < 1.29 is 13.2 Å². The van der Waals surface area contributed by atoms with Crippen LogP contribution in [0.3, 0.4) is 0 Å². The maximum Gasteiger partial charge on any atom is 0.265 e. The summed E-state index contributed by atoms with van der Waals surface area (Å²) < 4.78 is 30.2. The molecule has 0 N–H and O–H groups in total. The molecule has 0 fully saturated rings. The lowest BCUT2D eigenvalue weighted by atomic mass is 10.3. The van der Waals surface area contributed by atoms with Crippen LogP contribution in [0.15, 0.2) is 40.0 Å². The topological polar surface area (TPSA) is 61.2 Å². The van der Waals surface area contributed by atoms with Gasteiger partial charge < -0.3 is 4.74 Å². The van der Waals surface area contributed by atoms with Gasteiger partial charge in [0.15, 0.2) is 0 Å². The van der Waals surface area contributed by atoms with Gasteiger partial charge in [0.1, 0.15) is 10.6 Å². The van der Waals surface area contributed by atoms with Gasteiger partial charge in [-0.25, -0.2) is 13.1 Å². The molecule has 0 saturated heterocycles. The van der Waals surface area contributed by atoms with Gasteiger partial charge in [0.05, 0.1) is 23.5 Å². The molecule has 0 bridgehead atoms. The zero-order chi connectivity index (χ0) is 13.3. The first-order valence-electron chi connectivity index (χ1n) is 4.75. The molecule has 2 aromatic rings. The normalized spacial score (nSPS) is 11.5. The van der Waals surface area contributed by atoms with Crippen LogP contribution in [0.5, 0.6) is 5.75 Å². The molecular formula is C10H8BrClN2O3S. The third kappa shape index (κ3) is 2.68. The van der Waals surface area contributed by atoms with E-state index in [0.717, 1.165) is 4.47 Å². The second kappa shape index (κ2) is 4.91. The van der Waals surface area contributed by atoms with Gasteiger partial charge in [-0.15, -0.1) is 0 Å². The van der Waals surface area contributed by atoms with Crippen molar-refractivity contribution >= 4 is 35.7 Å². The minimum Gasteiger partial charge on any atom is -0.495 e. The number of hydrogen-bond acceptors (Lipinski definition) is 4. The summed E-state index contributed by atoms with van der Waals surface area (Å²) in [4.78, 5) is -0.0872. The number of hydrogen-bond donors (Lipinski definition) is 0. The lowest BCUT2D eigenvalue weighted by molar-refractivity contribution is 0.403. The Kier molecular flexibility index (Phi) is 3.65.